The molecule has 1 aromatic heterocycles. The Hall–Kier alpha value is -3.48. The Morgan fingerprint density at radius 1 is 1.11 bits per heavy atom. The maximum Gasteiger partial charge on any atom is 0.333 e. The van der Waals surface area contributed by atoms with Gasteiger partial charge in [0.1, 0.15) is 11.5 Å². The lowest BCUT2D eigenvalue weighted by atomic mass is 10.1. The van der Waals surface area contributed by atoms with Crippen LogP contribution in [0.4, 0.5) is 4.39 Å². The molecule has 27 heavy (non-hydrogen) atoms. The molecule has 138 valence electrons. The van der Waals surface area contributed by atoms with E-state index in [-0.39, 0.29) is 11.3 Å². The molecule has 0 saturated heterocycles. The van der Waals surface area contributed by atoms with Gasteiger partial charge in [0.25, 0.3) is 5.91 Å². The first-order chi connectivity index (χ1) is 13.0. The minimum absolute atomic E-state index is 0.238. The van der Waals surface area contributed by atoms with Crippen molar-refractivity contribution in [3.63, 3.8) is 0 Å². The van der Waals surface area contributed by atoms with Gasteiger partial charge in [-0.2, -0.15) is 5.10 Å². The number of esters is 1. The van der Waals surface area contributed by atoms with Crippen LogP contribution in [0.1, 0.15) is 27.7 Å². The zero-order valence-corrected chi connectivity index (χ0v) is 14.8. The van der Waals surface area contributed by atoms with Gasteiger partial charge in [-0.1, -0.05) is 42.5 Å². The van der Waals surface area contributed by atoms with Crippen molar-refractivity contribution >= 4 is 11.9 Å². The summed E-state index contributed by atoms with van der Waals surface area (Å²) in [5.74, 6) is -1.55. The molecule has 0 aliphatic heterocycles. The molecule has 0 bridgehead atoms. The van der Waals surface area contributed by atoms with Crippen LogP contribution < -0.4 is 5.32 Å². The number of halogens is 1. The van der Waals surface area contributed by atoms with Crippen molar-refractivity contribution in [3.8, 4) is 5.69 Å². The number of para-hydroxylation sites is 1. The second-order valence-corrected chi connectivity index (χ2v) is 5.85. The summed E-state index contributed by atoms with van der Waals surface area (Å²) < 4.78 is 20.2. The molecule has 0 aliphatic rings. The third-order valence-corrected chi connectivity index (χ3v) is 4.18. The minimum atomic E-state index is -0.958. The lowest BCUT2D eigenvalue weighted by molar-refractivity contribution is -0.143. The monoisotopic (exact) mass is 367 g/mol. The van der Waals surface area contributed by atoms with Gasteiger partial charge in [0.05, 0.1) is 24.6 Å². The van der Waals surface area contributed by atoms with Crippen molar-refractivity contribution in [2.24, 2.45) is 0 Å². The Morgan fingerprint density at radius 2 is 1.78 bits per heavy atom. The molecule has 7 heteroatoms. The third-order valence-electron chi connectivity index (χ3n) is 4.18. The zero-order valence-electron chi connectivity index (χ0n) is 14.8. The molecule has 1 amide bonds. The van der Waals surface area contributed by atoms with Crippen LogP contribution in [0, 0.1) is 12.7 Å². The van der Waals surface area contributed by atoms with Crippen LogP contribution in [-0.4, -0.2) is 28.8 Å². The van der Waals surface area contributed by atoms with Gasteiger partial charge >= 0.3 is 5.97 Å². The second kappa shape index (κ2) is 7.82. The standard InChI is InChI=1S/C20H18FN3O3/c1-13-15(12-22-24(13)17-11-7-6-10-16(17)21)19(25)23-18(20(26)27-2)14-8-4-3-5-9-14/h3-12,18H,1-2H3,(H,23,25). The third kappa shape index (κ3) is 3.72. The Balaban J connectivity index is 1.90. The highest BCUT2D eigenvalue weighted by molar-refractivity contribution is 5.97. The molecule has 0 aliphatic carbocycles. The van der Waals surface area contributed by atoms with Crippen LogP contribution >= 0.6 is 0 Å². The fourth-order valence-electron chi connectivity index (χ4n) is 2.75. The number of methoxy groups -OCH3 is 1. The summed E-state index contributed by atoms with van der Waals surface area (Å²) in [5.41, 5.74) is 1.52. The molecule has 1 heterocycles. The molecule has 3 aromatic rings. The average Bonchev–Trinajstić information content (AvgIpc) is 3.07. The summed E-state index contributed by atoms with van der Waals surface area (Å²) in [6, 6.07) is 14.0. The van der Waals surface area contributed by atoms with Crippen molar-refractivity contribution in [2.45, 2.75) is 13.0 Å². The van der Waals surface area contributed by atoms with Gasteiger partial charge in [0.2, 0.25) is 0 Å². The summed E-state index contributed by atoms with van der Waals surface area (Å²) in [5, 5.41) is 6.77. The number of amides is 1. The number of hydrogen-bond donors (Lipinski definition) is 1. The SMILES string of the molecule is COC(=O)C(NC(=O)c1cnn(-c2ccccc2F)c1C)c1ccccc1. The van der Waals surface area contributed by atoms with Crippen LogP contribution in [0.25, 0.3) is 5.69 Å². The number of rotatable bonds is 5. The topological polar surface area (TPSA) is 73.2 Å². The molecule has 0 spiro atoms. The van der Waals surface area contributed by atoms with Crippen molar-refractivity contribution in [3.05, 3.63) is 83.4 Å². The van der Waals surface area contributed by atoms with Gasteiger partial charge in [-0.15, -0.1) is 0 Å². The van der Waals surface area contributed by atoms with Crippen LogP contribution in [0.5, 0.6) is 0 Å². The lowest BCUT2D eigenvalue weighted by Crippen LogP contribution is -2.34. The first-order valence-electron chi connectivity index (χ1n) is 8.26. The van der Waals surface area contributed by atoms with E-state index >= 15 is 0 Å². The van der Waals surface area contributed by atoms with Gasteiger partial charge in [-0.3, -0.25) is 4.79 Å². The smallest absolute Gasteiger partial charge is 0.333 e. The predicted octanol–water partition coefficient (Wildman–Crippen LogP) is 2.96. The molecule has 1 N–H and O–H groups in total. The van der Waals surface area contributed by atoms with E-state index < -0.39 is 23.7 Å². The molecule has 2 aromatic carbocycles. The van der Waals surface area contributed by atoms with E-state index in [0.29, 0.717) is 11.3 Å². The molecule has 0 saturated carbocycles. The fourth-order valence-corrected chi connectivity index (χ4v) is 2.75. The highest BCUT2D eigenvalue weighted by Gasteiger charge is 2.26. The highest BCUT2D eigenvalue weighted by Crippen LogP contribution is 2.19. The van der Waals surface area contributed by atoms with Gasteiger partial charge in [-0.25, -0.2) is 13.9 Å². The molecule has 1 unspecified atom stereocenters. The zero-order chi connectivity index (χ0) is 19.4. The summed E-state index contributed by atoms with van der Waals surface area (Å²) in [6.07, 6.45) is 1.34. The van der Waals surface area contributed by atoms with Crippen LogP contribution in [0.2, 0.25) is 0 Å². The number of hydrogen-bond acceptors (Lipinski definition) is 4. The van der Waals surface area contributed by atoms with E-state index in [4.69, 9.17) is 4.74 Å². The maximum absolute atomic E-state index is 14.0. The number of nitrogens with one attached hydrogen (secondary N) is 1. The average molecular weight is 367 g/mol. The van der Waals surface area contributed by atoms with E-state index in [1.165, 1.54) is 24.1 Å². The number of carbonyl (C=O) groups is 2. The van der Waals surface area contributed by atoms with Gasteiger partial charge in [0, 0.05) is 0 Å². The number of benzene rings is 2. The van der Waals surface area contributed by atoms with Crippen LogP contribution in [-0.2, 0) is 9.53 Å². The largest absolute Gasteiger partial charge is 0.467 e. The molecule has 6 nitrogen and oxygen atoms in total. The van der Waals surface area contributed by atoms with Crippen molar-refractivity contribution < 1.29 is 18.7 Å². The number of ether oxygens (including phenoxy) is 1. The predicted molar refractivity (Wildman–Crippen MR) is 96.9 cm³/mol. The minimum Gasteiger partial charge on any atom is -0.467 e. The molecule has 1 atom stereocenters. The quantitative estimate of drug-likeness (QED) is 0.704. The first kappa shape index (κ1) is 18.3. The van der Waals surface area contributed by atoms with Crippen LogP contribution in [0.3, 0.4) is 0 Å². The number of nitrogens with zero attached hydrogens (tertiary/aromatic N) is 2. The molecular weight excluding hydrogens is 349 g/mol. The van der Waals surface area contributed by atoms with Crippen molar-refractivity contribution in [1.82, 2.24) is 15.1 Å². The molecule has 0 fully saturated rings. The van der Waals surface area contributed by atoms with Gasteiger partial charge < -0.3 is 10.1 Å². The van der Waals surface area contributed by atoms with Crippen molar-refractivity contribution in [2.75, 3.05) is 7.11 Å². The van der Waals surface area contributed by atoms with Gasteiger partial charge in [-0.05, 0) is 24.6 Å². The molecular formula is C20H18FN3O3. The Labute approximate surface area is 155 Å². The van der Waals surface area contributed by atoms with E-state index in [1.807, 2.05) is 6.07 Å². The Bertz CT molecular complexity index is 970. The molecule has 3 rings (SSSR count). The van der Waals surface area contributed by atoms with E-state index in [9.17, 15) is 14.0 Å². The Kier molecular flexibility index (Phi) is 5.30. The second-order valence-electron chi connectivity index (χ2n) is 5.85. The first-order valence-corrected chi connectivity index (χ1v) is 8.26. The Morgan fingerprint density at radius 3 is 2.44 bits per heavy atom. The summed E-state index contributed by atoms with van der Waals surface area (Å²) in [4.78, 5) is 24.9. The fraction of sp³-hybridized carbons (Fsp3) is 0.150. The van der Waals surface area contributed by atoms with Crippen molar-refractivity contribution in [1.29, 1.82) is 0 Å². The van der Waals surface area contributed by atoms with Crippen LogP contribution in [0.15, 0.2) is 60.8 Å². The normalized spacial score (nSPS) is 11.7. The van der Waals surface area contributed by atoms with E-state index in [1.54, 1.807) is 49.4 Å². The highest BCUT2D eigenvalue weighted by atomic mass is 19.1. The summed E-state index contributed by atoms with van der Waals surface area (Å²) in [6.45, 7) is 1.66. The van der Waals surface area contributed by atoms with Gasteiger partial charge in [0.15, 0.2) is 6.04 Å². The molecule has 0 radical (unpaired) electrons. The lowest BCUT2D eigenvalue weighted by Gasteiger charge is -2.16. The summed E-state index contributed by atoms with van der Waals surface area (Å²) in [7, 11) is 1.26. The van der Waals surface area contributed by atoms with E-state index in [2.05, 4.69) is 10.4 Å². The number of carbonyl (C=O) groups excluding carboxylic acids is 2. The number of aromatic nitrogens is 2. The summed E-state index contributed by atoms with van der Waals surface area (Å²) >= 11 is 0. The maximum atomic E-state index is 14.0. The van der Waals surface area contributed by atoms with E-state index in [0.717, 1.165) is 0 Å².